The second-order valence-corrected chi connectivity index (χ2v) is 6.23. The number of hydrogen-bond acceptors (Lipinski definition) is 4. The van der Waals surface area contributed by atoms with Gasteiger partial charge in [-0.2, -0.15) is 0 Å². The van der Waals surface area contributed by atoms with E-state index < -0.39 is 0 Å². The Hall–Kier alpha value is -1.20. The number of nitrogens with zero attached hydrogens (tertiary/aromatic N) is 3. The Bertz CT molecular complexity index is 654. The third-order valence-corrected chi connectivity index (χ3v) is 4.90. The van der Waals surface area contributed by atoms with Gasteiger partial charge >= 0.3 is 0 Å². The maximum Gasteiger partial charge on any atom is 0.0740 e. The lowest BCUT2D eigenvalue weighted by molar-refractivity contribution is 0.108. The predicted octanol–water partition coefficient (Wildman–Crippen LogP) is 2.31. The molecule has 22 heavy (non-hydrogen) atoms. The standard InChI is InChI=1S/C17H22ClN3O/c1-13-14-4-2-3-5-15(14)19-16(17(13)18)12-21-8-6-20(7-9-21)10-11-22/h2-5,22H,6-12H2,1H3. The van der Waals surface area contributed by atoms with E-state index in [-0.39, 0.29) is 6.61 Å². The molecule has 1 aromatic carbocycles. The van der Waals surface area contributed by atoms with Gasteiger partial charge in [0, 0.05) is 44.7 Å². The molecule has 1 fully saturated rings. The average Bonchev–Trinajstić information content (AvgIpc) is 2.54. The van der Waals surface area contributed by atoms with Gasteiger partial charge in [-0.15, -0.1) is 0 Å². The summed E-state index contributed by atoms with van der Waals surface area (Å²) in [6.45, 7) is 7.81. The third-order valence-electron chi connectivity index (χ3n) is 4.40. The maximum atomic E-state index is 9.00. The zero-order valence-electron chi connectivity index (χ0n) is 12.9. The smallest absolute Gasteiger partial charge is 0.0740 e. The van der Waals surface area contributed by atoms with Crippen LogP contribution in [0.2, 0.25) is 5.02 Å². The van der Waals surface area contributed by atoms with Crippen molar-refractivity contribution in [1.82, 2.24) is 14.8 Å². The number of pyridine rings is 1. The van der Waals surface area contributed by atoms with Crippen molar-refractivity contribution >= 4 is 22.5 Å². The highest BCUT2D eigenvalue weighted by Crippen LogP contribution is 2.27. The number of para-hydroxylation sites is 1. The maximum absolute atomic E-state index is 9.00. The summed E-state index contributed by atoms with van der Waals surface area (Å²) in [5.41, 5.74) is 3.09. The Morgan fingerprint density at radius 1 is 1.14 bits per heavy atom. The zero-order valence-corrected chi connectivity index (χ0v) is 13.7. The van der Waals surface area contributed by atoms with Crippen molar-refractivity contribution in [3.05, 3.63) is 40.5 Å². The molecule has 0 bridgehead atoms. The number of halogens is 1. The molecule has 2 heterocycles. The Kier molecular flexibility index (Phi) is 4.93. The molecule has 0 atom stereocenters. The van der Waals surface area contributed by atoms with Gasteiger partial charge in [-0.1, -0.05) is 29.8 Å². The monoisotopic (exact) mass is 319 g/mol. The molecule has 5 heteroatoms. The van der Waals surface area contributed by atoms with Crippen LogP contribution in [0.4, 0.5) is 0 Å². The second-order valence-electron chi connectivity index (χ2n) is 5.86. The molecule has 1 aromatic heterocycles. The SMILES string of the molecule is Cc1c(Cl)c(CN2CCN(CCO)CC2)nc2ccccc12. The van der Waals surface area contributed by atoms with Gasteiger partial charge in [-0.25, -0.2) is 4.98 Å². The molecule has 0 radical (unpaired) electrons. The van der Waals surface area contributed by atoms with Crippen LogP contribution in [0.25, 0.3) is 10.9 Å². The first-order valence-electron chi connectivity index (χ1n) is 7.78. The second kappa shape index (κ2) is 6.92. The predicted molar refractivity (Wildman–Crippen MR) is 90.3 cm³/mol. The number of aryl methyl sites for hydroxylation is 1. The van der Waals surface area contributed by atoms with Crippen LogP contribution >= 0.6 is 11.6 Å². The highest BCUT2D eigenvalue weighted by atomic mass is 35.5. The molecule has 1 aliphatic rings. The van der Waals surface area contributed by atoms with Crippen molar-refractivity contribution in [2.75, 3.05) is 39.3 Å². The largest absolute Gasteiger partial charge is 0.395 e. The molecule has 0 amide bonds. The van der Waals surface area contributed by atoms with Crippen LogP contribution in [-0.2, 0) is 6.54 Å². The summed E-state index contributed by atoms with van der Waals surface area (Å²) in [4.78, 5) is 9.43. The van der Waals surface area contributed by atoms with Crippen molar-refractivity contribution in [1.29, 1.82) is 0 Å². The lowest BCUT2D eigenvalue weighted by atomic mass is 10.1. The first-order chi connectivity index (χ1) is 10.7. The number of aliphatic hydroxyl groups is 1. The van der Waals surface area contributed by atoms with Crippen LogP contribution in [0.5, 0.6) is 0 Å². The van der Waals surface area contributed by atoms with E-state index in [2.05, 4.69) is 22.8 Å². The van der Waals surface area contributed by atoms with Crippen LogP contribution in [0.3, 0.4) is 0 Å². The number of β-amino-alcohol motifs (C(OH)–C–C–N with tert-alkyl or cyclic N) is 1. The van der Waals surface area contributed by atoms with Gasteiger partial charge in [-0.05, 0) is 18.6 Å². The number of benzene rings is 1. The molecular weight excluding hydrogens is 298 g/mol. The summed E-state index contributed by atoms with van der Waals surface area (Å²) < 4.78 is 0. The van der Waals surface area contributed by atoms with Crippen molar-refractivity contribution in [2.45, 2.75) is 13.5 Å². The Balaban J connectivity index is 1.76. The van der Waals surface area contributed by atoms with Gasteiger partial charge in [0.2, 0.25) is 0 Å². The number of fused-ring (bicyclic) bond motifs is 1. The Labute approximate surface area is 136 Å². The van der Waals surface area contributed by atoms with E-state index in [0.717, 1.165) is 66.5 Å². The summed E-state index contributed by atoms with van der Waals surface area (Å²) in [7, 11) is 0. The van der Waals surface area contributed by atoms with Gasteiger partial charge in [0.1, 0.15) is 0 Å². The van der Waals surface area contributed by atoms with Gasteiger partial charge in [0.15, 0.2) is 0 Å². The van der Waals surface area contributed by atoms with E-state index in [0.29, 0.717) is 0 Å². The summed E-state index contributed by atoms with van der Waals surface area (Å²) >= 11 is 6.54. The molecule has 118 valence electrons. The van der Waals surface area contributed by atoms with E-state index in [1.54, 1.807) is 0 Å². The summed E-state index contributed by atoms with van der Waals surface area (Å²) in [5.74, 6) is 0. The molecule has 3 rings (SSSR count). The van der Waals surface area contributed by atoms with Crippen molar-refractivity contribution in [3.63, 3.8) is 0 Å². The fourth-order valence-corrected chi connectivity index (χ4v) is 3.25. The van der Waals surface area contributed by atoms with Gasteiger partial charge in [-0.3, -0.25) is 9.80 Å². The summed E-state index contributed by atoms with van der Waals surface area (Å²) in [5, 5.41) is 10.9. The number of aromatic nitrogens is 1. The first-order valence-corrected chi connectivity index (χ1v) is 8.16. The van der Waals surface area contributed by atoms with Crippen LogP contribution < -0.4 is 0 Å². The van der Waals surface area contributed by atoms with E-state index in [4.69, 9.17) is 21.7 Å². The molecule has 0 spiro atoms. The average molecular weight is 320 g/mol. The minimum atomic E-state index is 0.233. The molecule has 0 saturated carbocycles. The summed E-state index contributed by atoms with van der Waals surface area (Å²) in [6, 6.07) is 8.15. The topological polar surface area (TPSA) is 39.6 Å². The zero-order chi connectivity index (χ0) is 15.5. The van der Waals surface area contributed by atoms with Crippen LogP contribution in [0.1, 0.15) is 11.3 Å². The normalized spacial score (nSPS) is 17.2. The number of rotatable bonds is 4. The van der Waals surface area contributed by atoms with Crippen molar-refractivity contribution in [3.8, 4) is 0 Å². The number of hydrogen-bond donors (Lipinski definition) is 1. The lowest BCUT2D eigenvalue weighted by Crippen LogP contribution is -2.46. The van der Waals surface area contributed by atoms with Crippen molar-refractivity contribution < 1.29 is 5.11 Å². The van der Waals surface area contributed by atoms with E-state index in [9.17, 15) is 0 Å². The van der Waals surface area contributed by atoms with Gasteiger partial charge < -0.3 is 5.11 Å². The number of piperazine rings is 1. The van der Waals surface area contributed by atoms with E-state index in [1.807, 2.05) is 18.2 Å². The fraction of sp³-hybridized carbons (Fsp3) is 0.471. The Morgan fingerprint density at radius 2 is 1.82 bits per heavy atom. The molecule has 0 aliphatic carbocycles. The molecule has 0 unspecified atom stereocenters. The molecule has 4 nitrogen and oxygen atoms in total. The molecule has 1 N–H and O–H groups in total. The van der Waals surface area contributed by atoms with Crippen molar-refractivity contribution in [2.24, 2.45) is 0 Å². The highest BCUT2D eigenvalue weighted by Gasteiger charge is 2.19. The van der Waals surface area contributed by atoms with Crippen LogP contribution in [-0.4, -0.2) is 59.2 Å². The van der Waals surface area contributed by atoms with Crippen LogP contribution in [0.15, 0.2) is 24.3 Å². The van der Waals surface area contributed by atoms with Crippen LogP contribution in [0, 0.1) is 6.92 Å². The van der Waals surface area contributed by atoms with E-state index >= 15 is 0 Å². The minimum absolute atomic E-state index is 0.233. The molecule has 1 aliphatic heterocycles. The molecular formula is C17H22ClN3O. The minimum Gasteiger partial charge on any atom is -0.395 e. The van der Waals surface area contributed by atoms with E-state index in [1.165, 1.54) is 0 Å². The molecule has 1 saturated heterocycles. The van der Waals surface area contributed by atoms with Gasteiger partial charge in [0.05, 0.1) is 22.8 Å². The fourth-order valence-electron chi connectivity index (χ4n) is 3.05. The lowest BCUT2D eigenvalue weighted by Gasteiger charge is -2.34. The first kappa shape index (κ1) is 15.7. The molecule has 2 aromatic rings. The Morgan fingerprint density at radius 3 is 2.55 bits per heavy atom. The number of aliphatic hydroxyl groups excluding tert-OH is 1. The van der Waals surface area contributed by atoms with Gasteiger partial charge in [0.25, 0.3) is 0 Å². The highest BCUT2D eigenvalue weighted by molar-refractivity contribution is 6.32. The third kappa shape index (κ3) is 3.25. The quantitative estimate of drug-likeness (QED) is 0.938. The summed E-state index contributed by atoms with van der Waals surface area (Å²) in [6.07, 6.45) is 0.